The van der Waals surface area contributed by atoms with Crippen LogP contribution in [0.2, 0.25) is 5.02 Å². The minimum Gasteiger partial charge on any atom is -0.326 e. The first kappa shape index (κ1) is 22.0. The zero-order valence-corrected chi connectivity index (χ0v) is 19.0. The molecule has 2 aromatic carbocycles. The molecule has 32 heavy (non-hydrogen) atoms. The summed E-state index contributed by atoms with van der Waals surface area (Å²) in [4.78, 5) is 42.8. The Bertz CT molecular complexity index is 1110. The van der Waals surface area contributed by atoms with E-state index in [0.717, 1.165) is 16.2 Å². The largest absolute Gasteiger partial charge is 0.332 e. The number of carbonyl (C=O) groups excluding carboxylic acids is 3. The zero-order chi connectivity index (χ0) is 22.7. The number of amides is 4. The first-order valence-corrected chi connectivity index (χ1v) is 11.5. The maximum atomic E-state index is 13.3. The van der Waals surface area contributed by atoms with E-state index in [0.29, 0.717) is 16.4 Å². The molecule has 8 heteroatoms. The van der Waals surface area contributed by atoms with Gasteiger partial charge in [-0.05, 0) is 59.8 Å². The number of hydrogen-bond donors (Lipinski definition) is 1. The number of anilines is 2. The molecule has 0 aliphatic carbocycles. The lowest BCUT2D eigenvalue weighted by molar-refractivity contribution is -0.124. The number of imide groups is 1. The topological polar surface area (TPSA) is 69.7 Å². The van der Waals surface area contributed by atoms with Crippen LogP contribution in [0.5, 0.6) is 0 Å². The predicted octanol–water partition coefficient (Wildman–Crippen LogP) is 5.33. The van der Waals surface area contributed by atoms with Gasteiger partial charge in [-0.3, -0.25) is 9.59 Å². The number of thiophene rings is 1. The van der Waals surface area contributed by atoms with Crippen molar-refractivity contribution in [3.05, 3.63) is 81.5 Å². The van der Waals surface area contributed by atoms with Gasteiger partial charge in [-0.2, -0.15) is 0 Å². The van der Waals surface area contributed by atoms with Crippen molar-refractivity contribution in [2.24, 2.45) is 0 Å². The van der Waals surface area contributed by atoms with Crippen LogP contribution in [0.3, 0.4) is 0 Å². The van der Waals surface area contributed by atoms with Crippen LogP contribution < -0.4 is 10.2 Å². The molecule has 1 atom stereocenters. The highest BCUT2D eigenvalue weighted by molar-refractivity contribution is 7.09. The van der Waals surface area contributed by atoms with Crippen LogP contribution in [-0.4, -0.2) is 28.8 Å². The lowest BCUT2D eigenvalue weighted by Gasteiger charge is -2.21. The average Bonchev–Trinajstić information content (AvgIpc) is 3.38. The van der Waals surface area contributed by atoms with Crippen LogP contribution in [0.1, 0.15) is 23.8 Å². The summed E-state index contributed by atoms with van der Waals surface area (Å²) in [5, 5.41) is 5.26. The average molecular weight is 468 g/mol. The first-order valence-electron chi connectivity index (χ1n) is 10.3. The number of benzene rings is 2. The van der Waals surface area contributed by atoms with E-state index in [1.807, 2.05) is 41.8 Å². The van der Waals surface area contributed by atoms with E-state index in [1.54, 1.807) is 24.3 Å². The van der Waals surface area contributed by atoms with E-state index in [-0.39, 0.29) is 18.9 Å². The fourth-order valence-corrected chi connectivity index (χ4v) is 4.45. The smallest absolute Gasteiger partial charge is 0.326 e. The quantitative estimate of drug-likeness (QED) is 0.477. The third-order valence-electron chi connectivity index (χ3n) is 5.33. The van der Waals surface area contributed by atoms with E-state index in [1.165, 1.54) is 21.8 Å². The zero-order valence-electron chi connectivity index (χ0n) is 17.5. The minimum atomic E-state index is -0.893. The number of halogens is 1. The second-order valence-electron chi connectivity index (χ2n) is 7.46. The van der Waals surface area contributed by atoms with E-state index in [2.05, 4.69) is 12.2 Å². The standard InChI is InChI=1S/C24H22ClN3O3S/c1-2-16-5-9-18(10-6-16)26-22(29)14-21-23(30)28(19-11-7-17(25)8-12-19)24(31)27(21)15-20-4-3-13-32-20/h3-13,21H,2,14-15H2,1H3,(H,26,29)/t21-/m1/s1. The SMILES string of the molecule is CCc1ccc(NC(=O)C[C@@H]2C(=O)N(c3ccc(Cl)cc3)C(=O)N2Cc2cccs2)cc1. The molecule has 0 spiro atoms. The summed E-state index contributed by atoms with van der Waals surface area (Å²) in [6.45, 7) is 2.32. The van der Waals surface area contributed by atoms with Crippen LogP contribution >= 0.6 is 22.9 Å². The molecule has 1 N–H and O–H groups in total. The molecule has 1 fully saturated rings. The number of nitrogens with one attached hydrogen (secondary N) is 1. The minimum absolute atomic E-state index is 0.129. The fraction of sp³-hybridized carbons (Fsp3) is 0.208. The van der Waals surface area contributed by atoms with Crippen molar-refractivity contribution < 1.29 is 14.4 Å². The Morgan fingerprint density at radius 1 is 1.06 bits per heavy atom. The summed E-state index contributed by atoms with van der Waals surface area (Å²) in [5.74, 6) is -0.750. The molecule has 0 bridgehead atoms. The van der Waals surface area contributed by atoms with Crippen LogP contribution in [0.25, 0.3) is 0 Å². The summed E-state index contributed by atoms with van der Waals surface area (Å²) in [6.07, 6.45) is 0.778. The summed E-state index contributed by atoms with van der Waals surface area (Å²) >= 11 is 7.46. The van der Waals surface area contributed by atoms with E-state index in [9.17, 15) is 14.4 Å². The third kappa shape index (κ3) is 4.69. The van der Waals surface area contributed by atoms with Gasteiger partial charge in [-0.25, -0.2) is 9.69 Å². The number of urea groups is 1. The molecule has 1 aliphatic rings. The van der Waals surface area contributed by atoms with Crippen LogP contribution in [0, 0.1) is 0 Å². The summed E-state index contributed by atoms with van der Waals surface area (Å²) in [6, 6.07) is 16.5. The Kier molecular flexibility index (Phi) is 6.58. The molecular formula is C24H22ClN3O3S. The van der Waals surface area contributed by atoms with Crippen molar-refractivity contribution in [3.63, 3.8) is 0 Å². The van der Waals surface area contributed by atoms with Gasteiger partial charge in [0.25, 0.3) is 5.91 Å². The van der Waals surface area contributed by atoms with Gasteiger partial charge >= 0.3 is 6.03 Å². The van der Waals surface area contributed by atoms with Crippen LogP contribution in [0.4, 0.5) is 16.2 Å². The molecule has 0 saturated carbocycles. The van der Waals surface area contributed by atoms with E-state index in [4.69, 9.17) is 11.6 Å². The Balaban J connectivity index is 1.56. The molecule has 1 aliphatic heterocycles. The fourth-order valence-electron chi connectivity index (χ4n) is 3.62. The molecule has 0 unspecified atom stereocenters. The lowest BCUT2D eigenvalue weighted by Crippen LogP contribution is -2.37. The van der Waals surface area contributed by atoms with Crippen molar-refractivity contribution in [2.75, 3.05) is 10.2 Å². The van der Waals surface area contributed by atoms with E-state index >= 15 is 0 Å². The monoisotopic (exact) mass is 467 g/mol. The highest BCUT2D eigenvalue weighted by Crippen LogP contribution is 2.30. The Hall–Kier alpha value is -3.16. The first-order chi connectivity index (χ1) is 15.5. The van der Waals surface area contributed by atoms with Gasteiger partial charge in [0.15, 0.2) is 0 Å². The molecule has 2 heterocycles. The van der Waals surface area contributed by atoms with Gasteiger partial charge in [0, 0.05) is 15.6 Å². The van der Waals surface area contributed by atoms with Gasteiger partial charge in [-0.15, -0.1) is 11.3 Å². The van der Waals surface area contributed by atoms with Crippen LogP contribution in [-0.2, 0) is 22.6 Å². The van der Waals surface area contributed by atoms with E-state index < -0.39 is 18.0 Å². The van der Waals surface area contributed by atoms with Gasteiger partial charge in [0.1, 0.15) is 6.04 Å². The van der Waals surface area contributed by atoms with Crippen molar-refractivity contribution in [1.82, 2.24) is 4.90 Å². The number of rotatable bonds is 7. The summed E-state index contributed by atoms with van der Waals surface area (Å²) < 4.78 is 0. The Morgan fingerprint density at radius 3 is 2.41 bits per heavy atom. The molecule has 4 rings (SSSR count). The summed E-state index contributed by atoms with van der Waals surface area (Å²) in [7, 11) is 0. The lowest BCUT2D eigenvalue weighted by atomic mass is 10.1. The van der Waals surface area contributed by atoms with Gasteiger partial charge in [-0.1, -0.05) is 36.7 Å². The highest BCUT2D eigenvalue weighted by Gasteiger charge is 2.46. The molecular weight excluding hydrogens is 446 g/mol. The molecule has 4 amide bonds. The molecule has 1 aromatic heterocycles. The Labute approximate surface area is 195 Å². The maximum Gasteiger partial charge on any atom is 0.332 e. The van der Waals surface area contributed by atoms with Crippen molar-refractivity contribution in [3.8, 4) is 0 Å². The Morgan fingerprint density at radius 2 is 1.78 bits per heavy atom. The van der Waals surface area contributed by atoms with Gasteiger partial charge in [0.05, 0.1) is 18.7 Å². The summed E-state index contributed by atoms with van der Waals surface area (Å²) in [5.41, 5.74) is 2.25. The number of nitrogens with zero attached hydrogens (tertiary/aromatic N) is 2. The van der Waals surface area contributed by atoms with Gasteiger partial charge in [0.2, 0.25) is 5.91 Å². The highest BCUT2D eigenvalue weighted by atomic mass is 35.5. The molecule has 3 aromatic rings. The third-order valence-corrected chi connectivity index (χ3v) is 6.45. The van der Waals surface area contributed by atoms with Crippen molar-refractivity contribution in [2.45, 2.75) is 32.4 Å². The predicted molar refractivity (Wildman–Crippen MR) is 127 cm³/mol. The molecule has 164 valence electrons. The van der Waals surface area contributed by atoms with Crippen molar-refractivity contribution in [1.29, 1.82) is 0 Å². The normalized spacial score (nSPS) is 16.0. The molecule has 1 saturated heterocycles. The van der Waals surface area contributed by atoms with Crippen LogP contribution in [0.15, 0.2) is 66.0 Å². The molecule has 6 nitrogen and oxygen atoms in total. The maximum absolute atomic E-state index is 13.3. The second kappa shape index (κ2) is 9.54. The van der Waals surface area contributed by atoms with Gasteiger partial charge < -0.3 is 10.2 Å². The number of hydrogen-bond acceptors (Lipinski definition) is 4. The second-order valence-corrected chi connectivity index (χ2v) is 8.93. The number of carbonyl (C=O) groups is 3. The molecule has 0 radical (unpaired) electrons. The van der Waals surface area contributed by atoms with Crippen molar-refractivity contribution >= 4 is 52.2 Å². The number of aryl methyl sites for hydroxylation is 1.